The molecule has 100 valence electrons. The fraction of sp³-hybridized carbons (Fsp3) is 0.923. The van der Waals surface area contributed by atoms with Gasteiger partial charge in [-0.05, 0) is 45.4 Å². The van der Waals surface area contributed by atoms with Crippen molar-refractivity contribution in [3.8, 4) is 0 Å². The van der Waals surface area contributed by atoms with Gasteiger partial charge in [-0.25, -0.2) is 0 Å². The number of hydrogen-bond donors (Lipinski definition) is 3. The Balaban J connectivity index is 2.44. The number of aliphatic imine (C=N–C) groups is 1. The van der Waals surface area contributed by atoms with Crippen LogP contribution >= 0.6 is 0 Å². The highest BCUT2D eigenvalue weighted by Crippen LogP contribution is 2.29. The SMILES string of the molecule is CC(C)(C)NC(N)=NCC1CCCCC1CO. The molecule has 0 heterocycles. The van der Waals surface area contributed by atoms with Crippen molar-refractivity contribution < 1.29 is 5.11 Å². The molecule has 0 amide bonds. The van der Waals surface area contributed by atoms with Gasteiger partial charge in [-0.3, -0.25) is 4.99 Å². The molecule has 1 saturated carbocycles. The van der Waals surface area contributed by atoms with Gasteiger partial charge in [0.05, 0.1) is 0 Å². The first-order valence-corrected chi connectivity index (χ1v) is 6.61. The Hall–Kier alpha value is -0.770. The number of rotatable bonds is 3. The maximum absolute atomic E-state index is 9.32. The van der Waals surface area contributed by atoms with Gasteiger partial charge < -0.3 is 16.2 Å². The summed E-state index contributed by atoms with van der Waals surface area (Å²) in [5, 5.41) is 12.5. The number of guanidine groups is 1. The number of hydrogen-bond acceptors (Lipinski definition) is 2. The monoisotopic (exact) mass is 241 g/mol. The van der Waals surface area contributed by atoms with Crippen LogP contribution in [0.5, 0.6) is 0 Å². The summed E-state index contributed by atoms with van der Waals surface area (Å²) < 4.78 is 0. The lowest BCUT2D eigenvalue weighted by atomic mass is 9.80. The van der Waals surface area contributed by atoms with E-state index in [-0.39, 0.29) is 12.1 Å². The molecule has 2 atom stereocenters. The Kier molecular flexibility index (Phi) is 5.25. The van der Waals surface area contributed by atoms with Crippen LogP contribution in [0, 0.1) is 11.8 Å². The van der Waals surface area contributed by atoms with Crippen molar-refractivity contribution in [3.05, 3.63) is 0 Å². The highest BCUT2D eigenvalue weighted by Gasteiger charge is 2.24. The van der Waals surface area contributed by atoms with E-state index in [9.17, 15) is 5.11 Å². The molecule has 0 aromatic rings. The van der Waals surface area contributed by atoms with Crippen molar-refractivity contribution in [1.82, 2.24) is 5.32 Å². The molecule has 0 bridgehead atoms. The average Bonchev–Trinajstić information content (AvgIpc) is 2.24. The first-order chi connectivity index (χ1) is 7.92. The van der Waals surface area contributed by atoms with Crippen molar-refractivity contribution >= 4 is 5.96 Å². The van der Waals surface area contributed by atoms with Crippen molar-refractivity contribution in [1.29, 1.82) is 0 Å². The van der Waals surface area contributed by atoms with Crippen LogP contribution < -0.4 is 11.1 Å². The molecule has 17 heavy (non-hydrogen) atoms. The van der Waals surface area contributed by atoms with Gasteiger partial charge in [-0.1, -0.05) is 12.8 Å². The van der Waals surface area contributed by atoms with E-state index in [1.54, 1.807) is 0 Å². The summed E-state index contributed by atoms with van der Waals surface area (Å²) in [6.45, 7) is 7.21. The summed E-state index contributed by atoms with van der Waals surface area (Å²) in [7, 11) is 0. The zero-order valence-corrected chi connectivity index (χ0v) is 11.4. The number of nitrogens with one attached hydrogen (secondary N) is 1. The molecular weight excluding hydrogens is 214 g/mol. The van der Waals surface area contributed by atoms with E-state index < -0.39 is 0 Å². The van der Waals surface area contributed by atoms with Crippen molar-refractivity contribution in [2.75, 3.05) is 13.2 Å². The van der Waals surface area contributed by atoms with E-state index in [1.165, 1.54) is 12.8 Å². The Bertz CT molecular complexity index is 258. The number of nitrogens with two attached hydrogens (primary N) is 1. The van der Waals surface area contributed by atoms with Crippen LogP contribution in [0.1, 0.15) is 46.5 Å². The Morgan fingerprint density at radius 1 is 1.29 bits per heavy atom. The molecule has 2 unspecified atom stereocenters. The second kappa shape index (κ2) is 6.24. The lowest BCUT2D eigenvalue weighted by Crippen LogP contribution is -2.45. The highest BCUT2D eigenvalue weighted by atomic mass is 16.3. The number of aliphatic hydroxyl groups is 1. The molecule has 4 nitrogen and oxygen atoms in total. The molecule has 0 spiro atoms. The summed E-state index contributed by atoms with van der Waals surface area (Å²) in [5.41, 5.74) is 5.80. The molecular formula is C13H27N3O. The first kappa shape index (κ1) is 14.3. The van der Waals surface area contributed by atoms with E-state index in [4.69, 9.17) is 5.73 Å². The Morgan fingerprint density at radius 2 is 1.88 bits per heavy atom. The summed E-state index contributed by atoms with van der Waals surface area (Å²) in [6.07, 6.45) is 4.78. The quantitative estimate of drug-likeness (QED) is 0.518. The van der Waals surface area contributed by atoms with Gasteiger partial charge in [0, 0.05) is 18.7 Å². The fourth-order valence-corrected chi connectivity index (χ4v) is 2.40. The maximum atomic E-state index is 9.32. The third kappa shape index (κ3) is 5.39. The van der Waals surface area contributed by atoms with Crippen molar-refractivity contribution in [3.63, 3.8) is 0 Å². The smallest absolute Gasteiger partial charge is 0.188 e. The lowest BCUT2D eigenvalue weighted by molar-refractivity contribution is 0.139. The zero-order chi connectivity index (χ0) is 12.9. The molecule has 4 N–H and O–H groups in total. The van der Waals surface area contributed by atoms with Gasteiger partial charge in [-0.2, -0.15) is 0 Å². The predicted octanol–water partition coefficient (Wildman–Crippen LogP) is 1.49. The van der Waals surface area contributed by atoms with Crippen LogP contribution in [-0.2, 0) is 0 Å². The molecule has 0 aliphatic heterocycles. The molecule has 1 aliphatic rings. The van der Waals surface area contributed by atoms with Crippen LogP contribution in [0.3, 0.4) is 0 Å². The van der Waals surface area contributed by atoms with E-state index >= 15 is 0 Å². The zero-order valence-electron chi connectivity index (χ0n) is 11.4. The van der Waals surface area contributed by atoms with Gasteiger partial charge in [0.2, 0.25) is 0 Å². The fourth-order valence-electron chi connectivity index (χ4n) is 2.40. The van der Waals surface area contributed by atoms with E-state index in [1.807, 2.05) is 0 Å². The maximum Gasteiger partial charge on any atom is 0.188 e. The second-order valence-electron chi connectivity index (χ2n) is 6.09. The predicted molar refractivity (Wildman–Crippen MR) is 71.9 cm³/mol. The highest BCUT2D eigenvalue weighted by molar-refractivity contribution is 5.78. The largest absolute Gasteiger partial charge is 0.396 e. The average molecular weight is 241 g/mol. The molecule has 0 radical (unpaired) electrons. The van der Waals surface area contributed by atoms with E-state index in [0.717, 1.165) is 19.4 Å². The van der Waals surface area contributed by atoms with Gasteiger partial charge in [0.25, 0.3) is 0 Å². The second-order valence-corrected chi connectivity index (χ2v) is 6.09. The Labute approximate surface area is 105 Å². The molecule has 0 aromatic carbocycles. The number of aliphatic hydroxyl groups excluding tert-OH is 1. The summed E-state index contributed by atoms with van der Waals surface area (Å²) in [4.78, 5) is 4.40. The van der Waals surface area contributed by atoms with Crippen LogP contribution in [0.25, 0.3) is 0 Å². The molecule has 4 heteroatoms. The Morgan fingerprint density at radius 3 is 2.41 bits per heavy atom. The normalized spacial score (nSPS) is 26.9. The third-order valence-corrected chi connectivity index (χ3v) is 3.30. The van der Waals surface area contributed by atoms with Gasteiger partial charge >= 0.3 is 0 Å². The minimum Gasteiger partial charge on any atom is -0.396 e. The molecule has 1 fully saturated rings. The van der Waals surface area contributed by atoms with Crippen LogP contribution in [0.15, 0.2) is 4.99 Å². The van der Waals surface area contributed by atoms with Gasteiger partial charge in [-0.15, -0.1) is 0 Å². The minimum absolute atomic E-state index is 0.0451. The first-order valence-electron chi connectivity index (χ1n) is 6.61. The summed E-state index contributed by atoms with van der Waals surface area (Å²) >= 11 is 0. The molecule has 0 aromatic heterocycles. The minimum atomic E-state index is -0.0451. The van der Waals surface area contributed by atoms with Crippen LogP contribution in [0.4, 0.5) is 0 Å². The summed E-state index contributed by atoms with van der Waals surface area (Å²) in [5.74, 6) is 1.42. The third-order valence-electron chi connectivity index (χ3n) is 3.30. The van der Waals surface area contributed by atoms with Gasteiger partial charge in [0.15, 0.2) is 5.96 Å². The topological polar surface area (TPSA) is 70.6 Å². The lowest BCUT2D eigenvalue weighted by Gasteiger charge is -2.29. The molecule has 0 saturated heterocycles. The van der Waals surface area contributed by atoms with E-state index in [2.05, 4.69) is 31.1 Å². The molecule has 1 rings (SSSR count). The van der Waals surface area contributed by atoms with Gasteiger partial charge in [0.1, 0.15) is 0 Å². The van der Waals surface area contributed by atoms with Crippen molar-refractivity contribution in [2.24, 2.45) is 22.6 Å². The van der Waals surface area contributed by atoms with Crippen LogP contribution in [-0.4, -0.2) is 29.8 Å². The standard InChI is InChI=1S/C13H27N3O/c1-13(2,3)16-12(14)15-8-10-6-4-5-7-11(10)9-17/h10-11,17H,4-9H2,1-3H3,(H3,14,15,16). The van der Waals surface area contributed by atoms with Crippen molar-refractivity contribution in [2.45, 2.75) is 52.0 Å². The number of nitrogens with zero attached hydrogens (tertiary/aromatic N) is 1. The molecule has 1 aliphatic carbocycles. The summed E-state index contributed by atoms with van der Waals surface area (Å²) in [6, 6.07) is 0. The van der Waals surface area contributed by atoms with E-state index in [0.29, 0.717) is 17.8 Å². The van der Waals surface area contributed by atoms with Crippen LogP contribution in [0.2, 0.25) is 0 Å².